The molecule has 1 aromatic carbocycles. The average molecular weight is 490 g/mol. The van der Waals surface area contributed by atoms with Crippen LogP contribution in [0.15, 0.2) is 40.2 Å². The summed E-state index contributed by atoms with van der Waals surface area (Å²) in [5.74, 6) is 0.188. The Bertz CT molecular complexity index is 1540. The van der Waals surface area contributed by atoms with Crippen molar-refractivity contribution in [2.24, 2.45) is 4.99 Å². The molecule has 1 saturated carbocycles. The Hall–Kier alpha value is -4.03. The lowest BCUT2D eigenvalue weighted by atomic mass is 10.1. The van der Waals surface area contributed by atoms with E-state index in [-0.39, 0.29) is 17.6 Å². The van der Waals surface area contributed by atoms with Crippen molar-refractivity contribution in [1.29, 1.82) is 0 Å². The number of aromatic nitrogens is 6. The zero-order chi connectivity index (χ0) is 24.5. The third-order valence-corrected chi connectivity index (χ3v) is 6.24. The van der Waals surface area contributed by atoms with Gasteiger partial charge in [0.2, 0.25) is 11.8 Å². The lowest BCUT2D eigenvalue weighted by Crippen LogP contribution is -2.35. The van der Waals surface area contributed by atoms with Gasteiger partial charge < -0.3 is 20.1 Å². The molecule has 1 aliphatic carbocycles. The summed E-state index contributed by atoms with van der Waals surface area (Å²) >= 11 is 0. The summed E-state index contributed by atoms with van der Waals surface area (Å²) in [4.78, 5) is 32.7. The molecule has 0 bridgehead atoms. The molecule has 4 aromatic rings. The molecule has 186 valence electrons. The minimum atomic E-state index is -0.493. The summed E-state index contributed by atoms with van der Waals surface area (Å²) in [5, 5.41) is 18.3. The van der Waals surface area contributed by atoms with E-state index in [9.17, 15) is 9.90 Å². The third-order valence-electron chi connectivity index (χ3n) is 6.24. The van der Waals surface area contributed by atoms with Crippen LogP contribution in [0.4, 0.5) is 5.95 Å². The Kier molecular flexibility index (Phi) is 5.95. The van der Waals surface area contributed by atoms with Crippen molar-refractivity contribution in [1.82, 2.24) is 34.4 Å². The van der Waals surface area contributed by atoms with E-state index >= 15 is 0 Å². The molecule has 1 aliphatic heterocycles. The predicted octanol–water partition coefficient (Wildman–Crippen LogP) is -0.0986. The molecule has 0 amide bonds. The normalized spacial score (nSPS) is 17.8. The molecule has 0 atom stereocenters. The van der Waals surface area contributed by atoms with E-state index in [1.807, 2.05) is 0 Å². The van der Waals surface area contributed by atoms with Crippen molar-refractivity contribution >= 4 is 17.7 Å². The number of hydrogen-bond donors (Lipinski definition) is 4. The third kappa shape index (κ3) is 4.99. The zero-order valence-electron chi connectivity index (χ0n) is 19.6. The van der Waals surface area contributed by atoms with Crippen LogP contribution in [0.2, 0.25) is 0 Å². The van der Waals surface area contributed by atoms with Gasteiger partial charge in [0.15, 0.2) is 5.65 Å². The highest BCUT2D eigenvalue weighted by atomic mass is 16.5. The Morgan fingerprint density at radius 1 is 1.14 bits per heavy atom. The van der Waals surface area contributed by atoms with Gasteiger partial charge >= 0.3 is 5.69 Å². The summed E-state index contributed by atoms with van der Waals surface area (Å²) in [6.45, 7) is 4.99. The van der Waals surface area contributed by atoms with Crippen LogP contribution in [0.1, 0.15) is 29.7 Å². The molecule has 2 aliphatic rings. The van der Waals surface area contributed by atoms with Crippen LogP contribution in [-0.4, -0.2) is 71.9 Å². The first kappa shape index (κ1) is 22.4. The number of H-pyrrole nitrogens is 2. The maximum atomic E-state index is 11.5. The first-order valence-electron chi connectivity index (χ1n) is 12.0. The number of nitrogens with one attached hydrogen (secondary N) is 3. The molecule has 12 heteroatoms. The van der Waals surface area contributed by atoms with Crippen LogP contribution in [0.5, 0.6) is 5.88 Å². The molecular weight excluding hydrogens is 462 g/mol. The topological polar surface area (TPSA) is 149 Å². The molecule has 3 aromatic heterocycles. The lowest BCUT2D eigenvalue weighted by molar-refractivity contribution is 0.0342. The van der Waals surface area contributed by atoms with Crippen LogP contribution in [0.25, 0.3) is 11.7 Å². The van der Waals surface area contributed by atoms with Gasteiger partial charge in [-0.1, -0.05) is 24.3 Å². The monoisotopic (exact) mass is 489 g/mol. The van der Waals surface area contributed by atoms with Gasteiger partial charge in [0, 0.05) is 31.4 Å². The van der Waals surface area contributed by atoms with Gasteiger partial charge in [0.25, 0.3) is 5.62 Å². The molecule has 36 heavy (non-hydrogen) atoms. The van der Waals surface area contributed by atoms with Gasteiger partial charge in [-0.15, -0.1) is 0 Å². The number of aromatic amines is 2. The van der Waals surface area contributed by atoms with E-state index in [1.54, 1.807) is 16.8 Å². The fourth-order valence-electron chi connectivity index (χ4n) is 4.12. The molecule has 6 rings (SSSR count). The van der Waals surface area contributed by atoms with E-state index in [0.29, 0.717) is 29.0 Å². The van der Waals surface area contributed by atoms with Crippen LogP contribution >= 0.6 is 0 Å². The minimum Gasteiger partial charge on any atom is -0.493 e. The summed E-state index contributed by atoms with van der Waals surface area (Å²) in [5.41, 5.74) is 3.13. The summed E-state index contributed by atoms with van der Waals surface area (Å²) < 4.78 is 7.01. The van der Waals surface area contributed by atoms with Crippen molar-refractivity contribution in [3.05, 3.63) is 68.6 Å². The van der Waals surface area contributed by atoms with Gasteiger partial charge in [-0.05, 0) is 30.0 Å². The smallest absolute Gasteiger partial charge is 0.326 e. The van der Waals surface area contributed by atoms with Crippen molar-refractivity contribution < 1.29 is 9.84 Å². The zero-order valence-corrected chi connectivity index (χ0v) is 19.6. The first-order chi connectivity index (χ1) is 17.6. The van der Waals surface area contributed by atoms with Crippen molar-refractivity contribution in [3.8, 4) is 5.88 Å². The fourth-order valence-corrected chi connectivity index (χ4v) is 4.12. The van der Waals surface area contributed by atoms with Gasteiger partial charge in [-0.3, -0.25) is 9.88 Å². The number of rotatable bonds is 7. The number of aromatic hydroxyl groups is 1. The molecule has 0 radical (unpaired) electrons. The van der Waals surface area contributed by atoms with Crippen LogP contribution < -0.4 is 21.8 Å². The van der Waals surface area contributed by atoms with Gasteiger partial charge in [-0.25, -0.2) is 9.79 Å². The van der Waals surface area contributed by atoms with E-state index in [4.69, 9.17) is 9.73 Å². The molecule has 2 fully saturated rings. The SMILES string of the molecule is O=c1[nH]c(O)c(/C=c2\cnn3c(=NC4CC4)nc(NCc4ccc(CN5CCOCC5)cc4)nc23)[nH]1. The standard InChI is InChI=1S/C24H27N9O3/c34-21-19(28-24(35)30-21)11-17-13-26-33-20(17)29-22(31-23(33)27-18-5-6-18)25-12-15-1-3-16(4-2-15)14-32-7-9-36-10-8-32/h1-4,11,13,18,34H,5-10,12,14H2,(H,25,27,31)(H2,28,30,35)/b17-11+. The van der Waals surface area contributed by atoms with E-state index < -0.39 is 5.69 Å². The number of morpholine rings is 1. The molecule has 4 heterocycles. The molecule has 1 saturated heterocycles. The van der Waals surface area contributed by atoms with Crippen molar-refractivity contribution in [2.45, 2.75) is 32.0 Å². The number of benzene rings is 1. The van der Waals surface area contributed by atoms with E-state index in [0.717, 1.165) is 51.3 Å². The highest BCUT2D eigenvalue weighted by Gasteiger charge is 2.21. The minimum absolute atomic E-state index is 0.244. The van der Waals surface area contributed by atoms with Crippen LogP contribution in [0.3, 0.4) is 0 Å². The Morgan fingerprint density at radius 3 is 2.64 bits per heavy atom. The first-order valence-corrected chi connectivity index (χ1v) is 12.0. The second-order valence-corrected chi connectivity index (χ2v) is 9.09. The van der Waals surface area contributed by atoms with Gasteiger partial charge in [-0.2, -0.15) is 19.6 Å². The van der Waals surface area contributed by atoms with Crippen molar-refractivity contribution in [3.63, 3.8) is 0 Å². The average Bonchev–Trinajstić information content (AvgIpc) is 3.52. The van der Waals surface area contributed by atoms with E-state index in [1.165, 1.54) is 5.56 Å². The summed E-state index contributed by atoms with van der Waals surface area (Å²) in [7, 11) is 0. The highest BCUT2D eigenvalue weighted by molar-refractivity contribution is 5.57. The van der Waals surface area contributed by atoms with E-state index in [2.05, 4.69) is 59.5 Å². The number of fused-ring (bicyclic) bond motifs is 1. The maximum absolute atomic E-state index is 11.5. The van der Waals surface area contributed by atoms with Crippen LogP contribution in [-0.2, 0) is 17.8 Å². The molecular formula is C24H27N9O3. The molecule has 0 spiro atoms. The summed E-state index contributed by atoms with van der Waals surface area (Å²) in [6.07, 6.45) is 5.28. The lowest BCUT2D eigenvalue weighted by Gasteiger charge is -2.26. The largest absolute Gasteiger partial charge is 0.493 e. The number of nitrogens with zero attached hydrogens (tertiary/aromatic N) is 6. The second-order valence-electron chi connectivity index (χ2n) is 9.09. The number of anilines is 1. The number of hydrogen-bond acceptors (Lipinski definition) is 9. The summed E-state index contributed by atoms with van der Waals surface area (Å²) in [6, 6.07) is 8.77. The highest BCUT2D eigenvalue weighted by Crippen LogP contribution is 2.22. The second kappa shape index (κ2) is 9.55. The number of ether oxygens (including phenoxy) is 1. The predicted molar refractivity (Wildman–Crippen MR) is 131 cm³/mol. The molecule has 4 N–H and O–H groups in total. The van der Waals surface area contributed by atoms with Gasteiger partial charge in [0.05, 0.1) is 25.5 Å². The fraction of sp³-hybridized carbons (Fsp3) is 0.375. The Labute approximate surface area is 205 Å². The van der Waals surface area contributed by atoms with Gasteiger partial charge in [0.1, 0.15) is 5.69 Å². The molecule has 12 nitrogen and oxygen atoms in total. The maximum Gasteiger partial charge on any atom is 0.326 e. The molecule has 0 unspecified atom stereocenters. The van der Waals surface area contributed by atoms with Crippen LogP contribution in [0, 0.1) is 0 Å². The quantitative estimate of drug-likeness (QED) is 0.281. The Balaban J connectivity index is 1.25. The van der Waals surface area contributed by atoms with Crippen molar-refractivity contribution in [2.75, 3.05) is 31.6 Å². The number of imidazole rings is 1. The Morgan fingerprint density at radius 2 is 1.92 bits per heavy atom.